The van der Waals surface area contributed by atoms with Crippen molar-refractivity contribution in [3.05, 3.63) is 53.5 Å². The number of benzene rings is 1. The third-order valence-corrected chi connectivity index (χ3v) is 3.89. The highest BCUT2D eigenvalue weighted by molar-refractivity contribution is 6.04. The molecule has 0 saturated carbocycles. The van der Waals surface area contributed by atoms with Gasteiger partial charge in [0.1, 0.15) is 11.9 Å². The van der Waals surface area contributed by atoms with Gasteiger partial charge in [-0.15, -0.1) is 0 Å². The molecule has 4 nitrogen and oxygen atoms in total. The summed E-state index contributed by atoms with van der Waals surface area (Å²) >= 11 is 0. The summed E-state index contributed by atoms with van der Waals surface area (Å²) in [5, 5.41) is 10.3. The fourth-order valence-electron chi connectivity index (χ4n) is 2.76. The molecule has 3 rings (SSSR count). The molecule has 0 radical (unpaired) electrons. The minimum absolute atomic E-state index is 0.118. The second-order valence-electron chi connectivity index (χ2n) is 5.04. The van der Waals surface area contributed by atoms with Crippen LogP contribution in [0.2, 0.25) is 0 Å². The minimum atomic E-state index is -0.798. The van der Waals surface area contributed by atoms with Gasteiger partial charge in [-0.25, -0.2) is 0 Å². The molecular formula is C16H17NO3. The van der Waals surface area contributed by atoms with Gasteiger partial charge in [0.15, 0.2) is 0 Å². The number of hydrogen-bond acceptors (Lipinski definition) is 3. The largest absolute Gasteiger partial charge is 0.466 e. The first-order valence-corrected chi connectivity index (χ1v) is 6.80. The van der Waals surface area contributed by atoms with E-state index in [1.165, 1.54) is 6.26 Å². The van der Waals surface area contributed by atoms with Gasteiger partial charge in [-0.3, -0.25) is 4.79 Å². The zero-order valence-corrected chi connectivity index (χ0v) is 11.5. The van der Waals surface area contributed by atoms with Crippen molar-refractivity contribution in [1.82, 2.24) is 0 Å². The maximum absolute atomic E-state index is 12.1. The summed E-state index contributed by atoms with van der Waals surface area (Å²) in [5.41, 5.74) is 2.66. The van der Waals surface area contributed by atoms with Crippen molar-refractivity contribution in [2.75, 3.05) is 11.4 Å². The normalized spacial score (nSPS) is 19.2. The summed E-state index contributed by atoms with van der Waals surface area (Å²) in [4.78, 5) is 13.9. The molecule has 1 amide bonds. The lowest BCUT2D eigenvalue weighted by Crippen LogP contribution is -2.27. The molecule has 4 heteroatoms. The number of likely N-dealkylation sites (N-methyl/N-ethyl adjacent to an activating group) is 1. The highest BCUT2D eigenvalue weighted by Crippen LogP contribution is 2.39. The van der Waals surface area contributed by atoms with E-state index in [9.17, 15) is 9.90 Å². The van der Waals surface area contributed by atoms with E-state index in [4.69, 9.17) is 4.42 Å². The van der Waals surface area contributed by atoms with Crippen molar-refractivity contribution in [2.24, 2.45) is 0 Å². The van der Waals surface area contributed by atoms with Gasteiger partial charge in [0, 0.05) is 12.2 Å². The summed E-state index contributed by atoms with van der Waals surface area (Å²) < 4.78 is 5.23. The van der Waals surface area contributed by atoms with Gasteiger partial charge in [0.2, 0.25) is 5.91 Å². The average molecular weight is 271 g/mol. The number of anilines is 1. The second kappa shape index (κ2) is 4.80. The van der Waals surface area contributed by atoms with Crippen molar-refractivity contribution < 1.29 is 14.3 Å². The van der Waals surface area contributed by atoms with E-state index >= 15 is 0 Å². The van der Waals surface area contributed by atoms with Gasteiger partial charge >= 0.3 is 0 Å². The lowest BCUT2D eigenvalue weighted by Gasteiger charge is -2.15. The Labute approximate surface area is 117 Å². The number of hydrogen-bond donors (Lipinski definition) is 1. The third kappa shape index (κ3) is 1.84. The standard InChI is InChI=1S/C16H17NO3/c1-3-17-13-7-6-11(9-12(13)10(2)16(17)19)15(18)14-5-4-8-20-14/h4-10,15,18H,3H2,1-2H3. The van der Waals surface area contributed by atoms with Crippen LogP contribution in [0.25, 0.3) is 0 Å². The number of aliphatic hydroxyl groups excluding tert-OH is 1. The Bertz CT molecular complexity index is 633. The molecule has 2 aromatic rings. The average Bonchev–Trinajstić information content (AvgIpc) is 3.07. The van der Waals surface area contributed by atoms with Crippen molar-refractivity contribution in [1.29, 1.82) is 0 Å². The molecule has 0 saturated heterocycles. The molecule has 104 valence electrons. The molecular weight excluding hydrogens is 254 g/mol. The number of nitrogens with zero attached hydrogens (tertiary/aromatic N) is 1. The molecule has 0 spiro atoms. The zero-order valence-electron chi connectivity index (χ0n) is 11.5. The molecule has 1 N–H and O–H groups in total. The van der Waals surface area contributed by atoms with Crippen molar-refractivity contribution >= 4 is 11.6 Å². The maximum atomic E-state index is 12.1. The predicted octanol–water partition coefficient (Wildman–Crippen LogP) is 2.83. The molecule has 0 aliphatic carbocycles. The van der Waals surface area contributed by atoms with Crippen LogP contribution in [0.15, 0.2) is 41.0 Å². The van der Waals surface area contributed by atoms with E-state index in [2.05, 4.69) is 0 Å². The van der Waals surface area contributed by atoms with E-state index in [-0.39, 0.29) is 11.8 Å². The monoisotopic (exact) mass is 271 g/mol. The Morgan fingerprint density at radius 1 is 1.40 bits per heavy atom. The van der Waals surface area contributed by atoms with Crippen molar-refractivity contribution in [3.8, 4) is 0 Å². The van der Waals surface area contributed by atoms with E-state index in [1.54, 1.807) is 17.0 Å². The van der Waals surface area contributed by atoms with E-state index < -0.39 is 6.10 Å². The van der Waals surface area contributed by atoms with E-state index in [0.717, 1.165) is 16.8 Å². The Kier molecular flexibility index (Phi) is 3.10. The number of aliphatic hydroxyl groups is 1. The Morgan fingerprint density at radius 3 is 2.85 bits per heavy atom. The Hall–Kier alpha value is -2.07. The summed E-state index contributed by atoms with van der Waals surface area (Å²) in [5.74, 6) is 0.468. The van der Waals surface area contributed by atoms with Gasteiger partial charge in [-0.1, -0.05) is 6.07 Å². The van der Waals surface area contributed by atoms with Crippen LogP contribution in [0.1, 0.15) is 42.8 Å². The van der Waals surface area contributed by atoms with E-state index in [1.807, 2.05) is 32.0 Å². The molecule has 1 aliphatic heterocycles. The molecule has 2 unspecified atom stereocenters. The summed E-state index contributed by atoms with van der Waals surface area (Å²) in [6.45, 7) is 4.53. The van der Waals surface area contributed by atoms with Crippen LogP contribution in [0.5, 0.6) is 0 Å². The first-order chi connectivity index (χ1) is 9.63. The maximum Gasteiger partial charge on any atom is 0.234 e. The van der Waals surface area contributed by atoms with Gasteiger partial charge < -0.3 is 14.4 Å². The molecule has 0 fully saturated rings. The van der Waals surface area contributed by atoms with Crippen LogP contribution >= 0.6 is 0 Å². The van der Waals surface area contributed by atoms with Gasteiger partial charge in [-0.2, -0.15) is 0 Å². The van der Waals surface area contributed by atoms with Gasteiger partial charge in [0.25, 0.3) is 0 Å². The smallest absolute Gasteiger partial charge is 0.234 e. The number of fused-ring (bicyclic) bond motifs is 1. The predicted molar refractivity (Wildman–Crippen MR) is 75.7 cm³/mol. The SMILES string of the molecule is CCN1C(=O)C(C)c2cc(C(O)c3ccco3)ccc21. The molecule has 2 atom stereocenters. The van der Waals surface area contributed by atoms with Crippen molar-refractivity contribution in [2.45, 2.75) is 25.9 Å². The fraction of sp³-hybridized carbons (Fsp3) is 0.312. The van der Waals surface area contributed by atoms with Crippen LogP contribution in [0.3, 0.4) is 0 Å². The van der Waals surface area contributed by atoms with Crippen LogP contribution < -0.4 is 4.90 Å². The molecule has 1 aliphatic rings. The van der Waals surface area contributed by atoms with Gasteiger partial charge in [-0.05, 0) is 49.2 Å². The minimum Gasteiger partial charge on any atom is -0.466 e. The number of furan rings is 1. The first kappa shape index (κ1) is 12.9. The lowest BCUT2D eigenvalue weighted by molar-refractivity contribution is -0.118. The quantitative estimate of drug-likeness (QED) is 0.934. The third-order valence-electron chi connectivity index (χ3n) is 3.89. The van der Waals surface area contributed by atoms with Gasteiger partial charge in [0.05, 0.1) is 12.2 Å². The van der Waals surface area contributed by atoms with Crippen molar-refractivity contribution in [3.63, 3.8) is 0 Å². The zero-order chi connectivity index (χ0) is 14.3. The van der Waals surface area contributed by atoms with Crippen LogP contribution in [0.4, 0.5) is 5.69 Å². The number of amides is 1. The topological polar surface area (TPSA) is 53.7 Å². The number of rotatable bonds is 3. The summed E-state index contributed by atoms with van der Waals surface area (Å²) in [6.07, 6.45) is 0.741. The van der Waals surface area contributed by atoms with E-state index in [0.29, 0.717) is 12.3 Å². The molecule has 2 heterocycles. The van der Waals surface area contributed by atoms with Crippen LogP contribution in [0, 0.1) is 0 Å². The number of carbonyl (C=O) groups is 1. The molecule has 0 bridgehead atoms. The lowest BCUT2D eigenvalue weighted by atomic mass is 9.97. The summed E-state index contributed by atoms with van der Waals surface area (Å²) in [7, 11) is 0. The first-order valence-electron chi connectivity index (χ1n) is 6.80. The number of carbonyl (C=O) groups excluding carboxylic acids is 1. The Morgan fingerprint density at radius 2 is 2.20 bits per heavy atom. The molecule has 20 heavy (non-hydrogen) atoms. The highest BCUT2D eigenvalue weighted by atomic mass is 16.4. The summed E-state index contributed by atoms with van der Waals surface area (Å²) in [6, 6.07) is 9.14. The van der Waals surface area contributed by atoms with Crippen LogP contribution in [-0.2, 0) is 4.79 Å². The fourth-order valence-corrected chi connectivity index (χ4v) is 2.76. The highest BCUT2D eigenvalue weighted by Gasteiger charge is 2.33. The second-order valence-corrected chi connectivity index (χ2v) is 5.04. The molecule has 1 aromatic heterocycles. The Balaban J connectivity index is 2.01. The van der Waals surface area contributed by atoms with Crippen LogP contribution in [-0.4, -0.2) is 17.6 Å². The molecule has 1 aromatic carbocycles.